The second kappa shape index (κ2) is 6.72. The standard InChI is InChI=1S/C16H24N6O2/c1-12(2)24-15-7-13(17-10-18-15)22-6-4-5-16(23,9-22)8-14-20-19-11-21(14)3/h7,10-12,23H,4-6,8-9H2,1-3H3. The SMILES string of the molecule is CC(C)Oc1cc(N2CCCC(O)(Cc3nncn3C)C2)ncn1. The lowest BCUT2D eigenvalue weighted by atomic mass is 9.89. The minimum Gasteiger partial charge on any atom is -0.475 e. The van der Waals surface area contributed by atoms with Crippen molar-refractivity contribution in [1.29, 1.82) is 0 Å². The molecule has 0 bridgehead atoms. The lowest BCUT2D eigenvalue weighted by Crippen LogP contribution is -2.50. The maximum atomic E-state index is 11.0. The molecule has 8 nitrogen and oxygen atoms in total. The molecular formula is C16H24N6O2. The molecule has 0 aliphatic carbocycles. The van der Waals surface area contributed by atoms with E-state index in [4.69, 9.17) is 4.74 Å². The maximum absolute atomic E-state index is 11.0. The van der Waals surface area contributed by atoms with Gasteiger partial charge >= 0.3 is 0 Å². The summed E-state index contributed by atoms with van der Waals surface area (Å²) >= 11 is 0. The number of nitrogens with zero attached hydrogens (tertiary/aromatic N) is 6. The van der Waals surface area contributed by atoms with E-state index in [1.807, 2.05) is 31.5 Å². The molecule has 1 atom stereocenters. The van der Waals surface area contributed by atoms with E-state index in [1.165, 1.54) is 6.33 Å². The molecule has 1 aliphatic heterocycles. The predicted octanol–water partition coefficient (Wildman–Crippen LogP) is 0.966. The summed E-state index contributed by atoms with van der Waals surface area (Å²) in [5.74, 6) is 2.11. The van der Waals surface area contributed by atoms with Gasteiger partial charge in [0.25, 0.3) is 0 Å². The zero-order valence-electron chi connectivity index (χ0n) is 14.4. The van der Waals surface area contributed by atoms with Gasteiger partial charge in [0.05, 0.1) is 11.7 Å². The molecule has 2 aromatic heterocycles. The quantitative estimate of drug-likeness (QED) is 0.872. The fraction of sp³-hybridized carbons (Fsp3) is 0.625. The third-order valence-electron chi connectivity index (χ3n) is 4.16. The van der Waals surface area contributed by atoms with E-state index in [1.54, 1.807) is 6.33 Å². The van der Waals surface area contributed by atoms with Crippen LogP contribution in [-0.4, -0.2) is 54.6 Å². The van der Waals surface area contributed by atoms with Crippen molar-refractivity contribution >= 4 is 5.82 Å². The number of anilines is 1. The van der Waals surface area contributed by atoms with Gasteiger partial charge in [-0.15, -0.1) is 10.2 Å². The number of aromatic nitrogens is 5. The summed E-state index contributed by atoms with van der Waals surface area (Å²) in [4.78, 5) is 10.6. The van der Waals surface area contributed by atoms with Crippen LogP contribution in [0, 0.1) is 0 Å². The number of aliphatic hydroxyl groups is 1. The number of rotatable bonds is 5. The van der Waals surface area contributed by atoms with Crippen LogP contribution in [0.1, 0.15) is 32.5 Å². The Labute approximate surface area is 141 Å². The molecule has 1 fully saturated rings. The summed E-state index contributed by atoms with van der Waals surface area (Å²) in [6, 6.07) is 1.83. The van der Waals surface area contributed by atoms with Crippen LogP contribution >= 0.6 is 0 Å². The van der Waals surface area contributed by atoms with Gasteiger partial charge in [0, 0.05) is 32.6 Å². The number of ether oxygens (including phenoxy) is 1. The van der Waals surface area contributed by atoms with Gasteiger partial charge in [-0.3, -0.25) is 0 Å². The Bertz CT molecular complexity index is 689. The van der Waals surface area contributed by atoms with Gasteiger partial charge in [-0.2, -0.15) is 0 Å². The van der Waals surface area contributed by atoms with Gasteiger partial charge in [-0.05, 0) is 26.7 Å². The minimum absolute atomic E-state index is 0.0574. The number of β-amino-alcohol motifs (C(OH)–C–C–N with tert-alkyl or cyclic N) is 1. The molecule has 1 saturated heterocycles. The molecular weight excluding hydrogens is 308 g/mol. The van der Waals surface area contributed by atoms with Crippen LogP contribution in [0.5, 0.6) is 5.88 Å². The van der Waals surface area contributed by atoms with E-state index in [0.29, 0.717) is 18.8 Å². The Morgan fingerprint density at radius 2 is 2.21 bits per heavy atom. The van der Waals surface area contributed by atoms with Crippen molar-refractivity contribution in [2.75, 3.05) is 18.0 Å². The summed E-state index contributed by atoms with van der Waals surface area (Å²) in [7, 11) is 1.89. The predicted molar refractivity (Wildman–Crippen MR) is 88.9 cm³/mol. The monoisotopic (exact) mass is 332 g/mol. The van der Waals surface area contributed by atoms with E-state index in [-0.39, 0.29) is 6.10 Å². The minimum atomic E-state index is -0.844. The van der Waals surface area contributed by atoms with Crippen molar-refractivity contribution in [1.82, 2.24) is 24.7 Å². The van der Waals surface area contributed by atoms with Gasteiger partial charge in [0.1, 0.15) is 24.3 Å². The number of piperidine rings is 1. The normalized spacial score (nSPS) is 21.3. The third kappa shape index (κ3) is 3.81. The highest BCUT2D eigenvalue weighted by atomic mass is 16.5. The Hall–Kier alpha value is -2.22. The fourth-order valence-electron chi connectivity index (χ4n) is 3.02. The highest BCUT2D eigenvalue weighted by Crippen LogP contribution is 2.28. The van der Waals surface area contributed by atoms with Crippen molar-refractivity contribution in [2.45, 2.75) is 44.8 Å². The van der Waals surface area contributed by atoms with Gasteiger partial charge in [-0.1, -0.05) is 0 Å². The van der Waals surface area contributed by atoms with Crippen LogP contribution < -0.4 is 9.64 Å². The van der Waals surface area contributed by atoms with Crippen molar-refractivity contribution in [3.8, 4) is 5.88 Å². The molecule has 0 amide bonds. The molecule has 2 aromatic rings. The second-order valence-corrected chi connectivity index (χ2v) is 6.67. The molecule has 0 radical (unpaired) electrons. The number of hydrogen-bond donors (Lipinski definition) is 1. The highest BCUT2D eigenvalue weighted by molar-refractivity contribution is 5.42. The molecule has 1 N–H and O–H groups in total. The van der Waals surface area contributed by atoms with E-state index in [0.717, 1.165) is 31.0 Å². The fourth-order valence-corrected chi connectivity index (χ4v) is 3.02. The number of hydrogen-bond acceptors (Lipinski definition) is 7. The topological polar surface area (TPSA) is 89.2 Å². The first-order chi connectivity index (χ1) is 11.5. The van der Waals surface area contributed by atoms with Gasteiger partial charge in [-0.25, -0.2) is 9.97 Å². The lowest BCUT2D eigenvalue weighted by molar-refractivity contribution is 0.0236. The van der Waals surface area contributed by atoms with Crippen molar-refractivity contribution in [2.24, 2.45) is 7.05 Å². The van der Waals surface area contributed by atoms with Gasteiger partial charge < -0.3 is 19.3 Å². The summed E-state index contributed by atoms with van der Waals surface area (Å²) in [5, 5.41) is 19.0. The second-order valence-electron chi connectivity index (χ2n) is 6.67. The summed E-state index contributed by atoms with van der Waals surface area (Å²) in [6.07, 6.45) is 5.31. The molecule has 0 aromatic carbocycles. The van der Waals surface area contributed by atoms with Crippen molar-refractivity contribution < 1.29 is 9.84 Å². The van der Waals surface area contributed by atoms with E-state index >= 15 is 0 Å². The van der Waals surface area contributed by atoms with Gasteiger partial charge in [0.2, 0.25) is 5.88 Å². The summed E-state index contributed by atoms with van der Waals surface area (Å²) < 4.78 is 7.48. The molecule has 1 unspecified atom stereocenters. The smallest absolute Gasteiger partial charge is 0.218 e. The van der Waals surface area contributed by atoms with Crippen LogP contribution in [0.15, 0.2) is 18.7 Å². The molecule has 3 heterocycles. The van der Waals surface area contributed by atoms with E-state index in [9.17, 15) is 5.11 Å². The summed E-state index contributed by atoms with van der Waals surface area (Å²) in [6.45, 7) is 5.27. The third-order valence-corrected chi connectivity index (χ3v) is 4.16. The van der Waals surface area contributed by atoms with Crippen molar-refractivity contribution in [3.63, 3.8) is 0 Å². The average Bonchev–Trinajstić information content (AvgIpc) is 2.91. The van der Waals surface area contributed by atoms with E-state index in [2.05, 4.69) is 25.1 Å². The van der Waals surface area contributed by atoms with Crippen LogP contribution in [-0.2, 0) is 13.5 Å². The van der Waals surface area contributed by atoms with Crippen LogP contribution in [0.2, 0.25) is 0 Å². The molecule has 130 valence electrons. The first-order valence-corrected chi connectivity index (χ1v) is 8.24. The van der Waals surface area contributed by atoms with Crippen LogP contribution in [0.4, 0.5) is 5.82 Å². The van der Waals surface area contributed by atoms with Gasteiger partial charge in [0.15, 0.2) is 0 Å². The first kappa shape index (κ1) is 16.6. The zero-order chi connectivity index (χ0) is 17.2. The van der Waals surface area contributed by atoms with E-state index < -0.39 is 5.60 Å². The Balaban J connectivity index is 1.74. The maximum Gasteiger partial charge on any atom is 0.218 e. The highest BCUT2D eigenvalue weighted by Gasteiger charge is 2.35. The molecule has 24 heavy (non-hydrogen) atoms. The van der Waals surface area contributed by atoms with Crippen LogP contribution in [0.25, 0.3) is 0 Å². The first-order valence-electron chi connectivity index (χ1n) is 8.24. The Kier molecular flexibility index (Phi) is 4.66. The number of aryl methyl sites for hydroxylation is 1. The molecule has 3 rings (SSSR count). The Morgan fingerprint density at radius 1 is 1.38 bits per heavy atom. The van der Waals surface area contributed by atoms with Crippen LogP contribution in [0.3, 0.4) is 0 Å². The van der Waals surface area contributed by atoms with Crippen molar-refractivity contribution in [3.05, 3.63) is 24.5 Å². The molecule has 8 heteroatoms. The lowest BCUT2D eigenvalue weighted by Gasteiger charge is -2.39. The summed E-state index contributed by atoms with van der Waals surface area (Å²) in [5.41, 5.74) is -0.844. The molecule has 1 aliphatic rings. The Morgan fingerprint density at radius 3 is 2.92 bits per heavy atom. The largest absolute Gasteiger partial charge is 0.475 e. The average molecular weight is 332 g/mol. The molecule has 0 saturated carbocycles. The molecule has 0 spiro atoms. The zero-order valence-corrected chi connectivity index (χ0v) is 14.4.